The van der Waals surface area contributed by atoms with E-state index >= 15 is 0 Å². The fraction of sp³-hybridized carbons (Fsp3) is 0.250. The molecule has 0 saturated carbocycles. The molecular formula is C20H24ClN5O2S. The van der Waals surface area contributed by atoms with Gasteiger partial charge >= 0.3 is 0 Å². The third-order valence-corrected chi connectivity index (χ3v) is 5.07. The number of nitrogens with two attached hydrogens (primary N) is 1. The first kappa shape index (κ1) is 22.6. The van der Waals surface area contributed by atoms with E-state index in [2.05, 4.69) is 20.9 Å². The first-order chi connectivity index (χ1) is 14.0. The van der Waals surface area contributed by atoms with E-state index in [9.17, 15) is 9.59 Å². The van der Waals surface area contributed by atoms with Gasteiger partial charge in [-0.15, -0.1) is 11.8 Å². The highest BCUT2D eigenvalue weighted by molar-refractivity contribution is 7.99. The van der Waals surface area contributed by atoms with Crippen molar-refractivity contribution in [3.05, 3.63) is 64.7 Å². The topological polar surface area (TPSA) is 109 Å². The van der Waals surface area contributed by atoms with Crippen molar-refractivity contribution in [3.63, 3.8) is 0 Å². The van der Waals surface area contributed by atoms with Gasteiger partial charge in [-0.3, -0.25) is 14.6 Å². The Morgan fingerprint density at radius 2 is 1.72 bits per heavy atom. The van der Waals surface area contributed by atoms with Crippen molar-refractivity contribution in [2.24, 2.45) is 10.7 Å². The lowest BCUT2D eigenvalue weighted by Gasteiger charge is -2.12. The molecule has 0 heterocycles. The van der Waals surface area contributed by atoms with Crippen LogP contribution in [-0.2, 0) is 11.3 Å². The standard InChI is InChI=1S/C20H24ClN5O2S/c1-23-20(24-10-11-29-17-8-6-16(21)7-9-17)26-12-14-2-4-15(5-3-14)19(28)25-13-18(22)27/h2-9H,10-13H2,1H3,(H2,22,27)(H,25,28)(H2,23,24,26). The van der Waals surface area contributed by atoms with Crippen LogP contribution in [-0.4, -0.2) is 43.7 Å². The summed E-state index contributed by atoms with van der Waals surface area (Å²) in [7, 11) is 1.72. The van der Waals surface area contributed by atoms with Crippen molar-refractivity contribution in [2.45, 2.75) is 11.4 Å². The molecule has 2 amide bonds. The second-order valence-electron chi connectivity index (χ2n) is 6.00. The Morgan fingerprint density at radius 1 is 1.03 bits per heavy atom. The second kappa shape index (κ2) is 12.0. The summed E-state index contributed by atoms with van der Waals surface area (Å²) in [5.41, 5.74) is 6.48. The monoisotopic (exact) mass is 433 g/mol. The van der Waals surface area contributed by atoms with E-state index in [0.29, 0.717) is 18.1 Å². The van der Waals surface area contributed by atoms with Gasteiger partial charge in [0.15, 0.2) is 5.96 Å². The summed E-state index contributed by atoms with van der Waals surface area (Å²) in [6.45, 7) is 1.14. The summed E-state index contributed by atoms with van der Waals surface area (Å²) in [5.74, 6) is 0.672. The van der Waals surface area contributed by atoms with Gasteiger partial charge in [-0.1, -0.05) is 23.7 Å². The largest absolute Gasteiger partial charge is 0.368 e. The highest BCUT2D eigenvalue weighted by atomic mass is 35.5. The zero-order valence-electron chi connectivity index (χ0n) is 16.1. The van der Waals surface area contributed by atoms with Crippen LogP contribution in [0.1, 0.15) is 15.9 Å². The lowest BCUT2D eigenvalue weighted by molar-refractivity contribution is -0.117. The summed E-state index contributed by atoms with van der Waals surface area (Å²) in [6.07, 6.45) is 0. The number of nitrogens with zero attached hydrogens (tertiary/aromatic N) is 1. The molecule has 2 aromatic carbocycles. The molecule has 0 aliphatic rings. The summed E-state index contributed by atoms with van der Waals surface area (Å²) < 4.78 is 0. The van der Waals surface area contributed by atoms with Crippen LogP contribution in [0.2, 0.25) is 5.02 Å². The average molecular weight is 434 g/mol. The predicted molar refractivity (Wildman–Crippen MR) is 118 cm³/mol. The number of nitrogens with one attached hydrogen (secondary N) is 3. The van der Waals surface area contributed by atoms with Crippen LogP contribution in [0.25, 0.3) is 0 Å². The van der Waals surface area contributed by atoms with Gasteiger partial charge in [0.25, 0.3) is 5.91 Å². The van der Waals surface area contributed by atoms with Crippen LogP contribution in [0.4, 0.5) is 0 Å². The first-order valence-electron chi connectivity index (χ1n) is 8.96. The van der Waals surface area contributed by atoms with Gasteiger partial charge in [-0.05, 0) is 42.0 Å². The van der Waals surface area contributed by atoms with Crippen molar-refractivity contribution in [3.8, 4) is 0 Å². The Balaban J connectivity index is 1.72. The first-order valence-corrected chi connectivity index (χ1v) is 10.3. The van der Waals surface area contributed by atoms with Gasteiger partial charge in [0, 0.05) is 41.4 Å². The fourth-order valence-corrected chi connectivity index (χ4v) is 3.21. The molecule has 0 fully saturated rings. The van der Waals surface area contributed by atoms with E-state index in [0.717, 1.165) is 22.9 Å². The average Bonchev–Trinajstić information content (AvgIpc) is 2.73. The maximum atomic E-state index is 11.9. The number of benzene rings is 2. The molecule has 0 bridgehead atoms. The number of carbonyl (C=O) groups is 2. The quantitative estimate of drug-likeness (QED) is 0.209. The van der Waals surface area contributed by atoms with Crippen LogP contribution in [0.15, 0.2) is 58.4 Å². The molecule has 2 rings (SSSR count). The smallest absolute Gasteiger partial charge is 0.251 e. The van der Waals surface area contributed by atoms with Gasteiger partial charge in [0.2, 0.25) is 5.91 Å². The van der Waals surface area contributed by atoms with E-state index in [1.165, 1.54) is 4.90 Å². The van der Waals surface area contributed by atoms with Crippen molar-refractivity contribution < 1.29 is 9.59 Å². The normalized spacial score (nSPS) is 11.0. The van der Waals surface area contributed by atoms with Crippen LogP contribution < -0.4 is 21.7 Å². The zero-order chi connectivity index (χ0) is 21.1. The Kier molecular flexibility index (Phi) is 9.33. The molecule has 5 N–H and O–H groups in total. The number of rotatable bonds is 9. The van der Waals surface area contributed by atoms with Crippen LogP contribution >= 0.6 is 23.4 Å². The van der Waals surface area contributed by atoms with Crippen LogP contribution in [0.5, 0.6) is 0 Å². The molecule has 29 heavy (non-hydrogen) atoms. The van der Waals surface area contributed by atoms with Crippen LogP contribution in [0.3, 0.4) is 0 Å². The number of primary amides is 1. The molecule has 0 aromatic heterocycles. The number of amides is 2. The molecule has 0 radical (unpaired) electrons. The minimum absolute atomic E-state index is 0.180. The molecule has 0 spiro atoms. The van der Waals surface area contributed by atoms with Gasteiger partial charge < -0.3 is 21.7 Å². The molecule has 0 atom stereocenters. The van der Waals surface area contributed by atoms with Crippen molar-refractivity contribution in [1.29, 1.82) is 0 Å². The Hall–Kier alpha value is -2.71. The van der Waals surface area contributed by atoms with Gasteiger partial charge in [0.05, 0.1) is 6.54 Å². The van der Waals surface area contributed by atoms with Crippen molar-refractivity contribution in [1.82, 2.24) is 16.0 Å². The molecule has 9 heteroatoms. The Morgan fingerprint density at radius 3 is 2.34 bits per heavy atom. The zero-order valence-corrected chi connectivity index (χ0v) is 17.6. The molecule has 2 aromatic rings. The summed E-state index contributed by atoms with van der Waals surface area (Å²) >= 11 is 7.62. The highest BCUT2D eigenvalue weighted by Crippen LogP contribution is 2.19. The molecule has 0 saturated heterocycles. The summed E-state index contributed by atoms with van der Waals surface area (Å²) in [4.78, 5) is 28.0. The van der Waals surface area contributed by atoms with Gasteiger partial charge in [-0.2, -0.15) is 0 Å². The maximum Gasteiger partial charge on any atom is 0.251 e. The predicted octanol–water partition coefficient (Wildman–Crippen LogP) is 2.01. The molecule has 0 aliphatic heterocycles. The van der Waals surface area contributed by atoms with E-state index in [1.807, 2.05) is 36.4 Å². The van der Waals surface area contributed by atoms with Gasteiger partial charge in [0.1, 0.15) is 0 Å². The fourth-order valence-electron chi connectivity index (χ4n) is 2.32. The SMILES string of the molecule is CN=C(NCCSc1ccc(Cl)cc1)NCc1ccc(C(=O)NCC(N)=O)cc1. The summed E-state index contributed by atoms with van der Waals surface area (Å²) in [5, 5.41) is 9.68. The number of hydrogen-bond acceptors (Lipinski definition) is 4. The second-order valence-corrected chi connectivity index (χ2v) is 7.61. The molecule has 154 valence electrons. The third kappa shape index (κ3) is 8.45. The number of hydrogen-bond donors (Lipinski definition) is 4. The lowest BCUT2D eigenvalue weighted by Crippen LogP contribution is -2.38. The number of carbonyl (C=O) groups excluding carboxylic acids is 2. The maximum absolute atomic E-state index is 11.9. The minimum atomic E-state index is -0.579. The van der Waals surface area contributed by atoms with Crippen molar-refractivity contribution in [2.75, 3.05) is 25.9 Å². The number of aliphatic imine (C=N–C) groups is 1. The Labute approximate surface area is 179 Å². The molecular weight excluding hydrogens is 410 g/mol. The number of halogens is 1. The minimum Gasteiger partial charge on any atom is -0.368 e. The lowest BCUT2D eigenvalue weighted by atomic mass is 10.1. The third-order valence-electron chi connectivity index (χ3n) is 3.80. The van der Waals surface area contributed by atoms with Crippen LogP contribution in [0, 0.1) is 0 Å². The van der Waals surface area contributed by atoms with Crippen molar-refractivity contribution >= 4 is 41.1 Å². The Bertz CT molecular complexity index is 841. The van der Waals surface area contributed by atoms with E-state index in [4.69, 9.17) is 17.3 Å². The van der Waals surface area contributed by atoms with Gasteiger partial charge in [-0.25, -0.2) is 0 Å². The van der Waals surface area contributed by atoms with E-state index in [1.54, 1.807) is 30.9 Å². The van der Waals surface area contributed by atoms with E-state index in [-0.39, 0.29) is 12.5 Å². The highest BCUT2D eigenvalue weighted by Gasteiger charge is 2.06. The van der Waals surface area contributed by atoms with E-state index < -0.39 is 5.91 Å². The molecule has 0 aliphatic carbocycles. The number of thioether (sulfide) groups is 1. The summed E-state index contributed by atoms with van der Waals surface area (Å²) in [6, 6.07) is 14.8. The number of guanidine groups is 1. The molecule has 7 nitrogen and oxygen atoms in total. The molecule has 0 unspecified atom stereocenters.